The van der Waals surface area contributed by atoms with E-state index in [1.54, 1.807) is 0 Å². The second kappa shape index (κ2) is 3.23. The normalized spacial score (nSPS) is 23.3. The number of rotatable bonds is 1. The SMILES string of the molecule is COC(=O)C1(N)CC(C)(C)C1.Cl. The highest BCUT2D eigenvalue weighted by Gasteiger charge is 2.52. The number of carbonyl (C=O) groups is 1. The van der Waals surface area contributed by atoms with Gasteiger partial charge in [-0.3, -0.25) is 4.79 Å². The summed E-state index contributed by atoms with van der Waals surface area (Å²) in [4.78, 5) is 11.1. The molecule has 3 nitrogen and oxygen atoms in total. The Labute approximate surface area is 79.1 Å². The molecule has 1 saturated carbocycles. The summed E-state index contributed by atoms with van der Waals surface area (Å²) in [5.74, 6) is -0.281. The highest BCUT2D eigenvalue weighted by Crippen LogP contribution is 2.46. The second-order valence-electron chi connectivity index (χ2n) is 4.17. The number of carbonyl (C=O) groups excluding carboxylic acids is 1. The lowest BCUT2D eigenvalue weighted by Gasteiger charge is -2.48. The van der Waals surface area contributed by atoms with E-state index in [4.69, 9.17) is 5.73 Å². The lowest BCUT2D eigenvalue weighted by atomic mass is 9.60. The second-order valence-corrected chi connectivity index (χ2v) is 4.17. The van der Waals surface area contributed by atoms with Gasteiger partial charge in [-0.25, -0.2) is 0 Å². The zero-order chi connectivity index (χ0) is 8.70. The van der Waals surface area contributed by atoms with Crippen LogP contribution in [0.3, 0.4) is 0 Å². The molecule has 0 aromatic heterocycles. The lowest BCUT2D eigenvalue weighted by molar-refractivity contribution is -0.155. The van der Waals surface area contributed by atoms with E-state index < -0.39 is 5.54 Å². The van der Waals surface area contributed by atoms with Crippen molar-refractivity contribution in [1.29, 1.82) is 0 Å². The average Bonchev–Trinajstić information content (AvgIpc) is 1.81. The highest BCUT2D eigenvalue weighted by atomic mass is 35.5. The van der Waals surface area contributed by atoms with E-state index in [1.165, 1.54) is 7.11 Å². The van der Waals surface area contributed by atoms with Crippen molar-refractivity contribution < 1.29 is 9.53 Å². The monoisotopic (exact) mass is 193 g/mol. The summed E-state index contributed by atoms with van der Waals surface area (Å²) >= 11 is 0. The fourth-order valence-corrected chi connectivity index (χ4v) is 2.00. The average molecular weight is 194 g/mol. The van der Waals surface area contributed by atoms with E-state index >= 15 is 0 Å². The molecule has 0 spiro atoms. The molecule has 1 fully saturated rings. The maximum Gasteiger partial charge on any atom is 0.325 e. The van der Waals surface area contributed by atoms with Crippen LogP contribution in [0.4, 0.5) is 0 Å². The quantitative estimate of drug-likeness (QED) is 0.635. The number of esters is 1. The molecule has 1 rings (SSSR count). The topological polar surface area (TPSA) is 52.3 Å². The maximum atomic E-state index is 11.1. The zero-order valence-electron chi connectivity index (χ0n) is 7.72. The van der Waals surface area contributed by atoms with Crippen LogP contribution in [-0.4, -0.2) is 18.6 Å². The van der Waals surface area contributed by atoms with Crippen LogP contribution in [0.25, 0.3) is 0 Å². The van der Waals surface area contributed by atoms with E-state index in [-0.39, 0.29) is 23.8 Å². The van der Waals surface area contributed by atoms with Crippen LogP contribution in [0.1, 0.15) is 26.7 Å². The van der Waals surface area contributed by atoms with Crippen LogP contribution in [-0.2, 0) is 9.53 Å². The van der Waals surface area contributed by atoms with Crippen molar-refractivity contribution in [2.24, 2.45) is 11.1 Å². The molecule has 1 aliphatic carbocycles. The molecule has 12 heavy (non-hydrogen) atoms. The van der Waals surface area contributed by atoms with Crippen LogP contribution in [0.15, 0.2) is 0 Å². The van der Waals surface area contributed by atoms with Gasteiger partial charge in [0.15, 0.2) is 0 Å². The first-order valence-electron chi connectivity index (χ1n) is 3.77. The third-order valence-electron chi connectivity index (χ3n) is 2.18. The lowest BCUT2D eigenvalue weighted by Crippen LogP contribution is -2.61. The summed E-state index contributed by atoms with van der Waals surface area (Å²) in [5, 5.41) is 0. The van der Waals surface area contributed by atoms with E-state index in [2.05, 4.69) is 18.6 Å². The molecule has 0 aromatic carbocycles. The van der Waals surface area contributed by atoms with E-state index in [0.717, 1.165) is 12.8 Å². The Morgan fingerprint density at radius 1 is 1.42 bits per heavy atom. The predicted molar refractivity (Wildman–Crippen MR) is 49.2 cm³/mol. The minimum atomic E-state index is -0.696. The summed E-state index contributed by atoms with van der Waals surface area (Å²) in [5.41, 5.74) is 5.27. The van der Waals surface area contributed by atoms with Crippen LogP contribution in [0.5, 0.6) is 0 Å². The molecule has 0 aromatic rings. The molecule has 0 atom stereocenters. The maximum absolute atomic E-state index is 11.1. The van der Waals surface area contributed by atoms with Crippen LogP contribution in [0, 0.1) is 5.41 Å². The molecule has 1 aliphatic rings. The van der Waals surface area contributed by atoms with Crippen molar-refractivity contribution in [2.75, 3.05) is 7.11 Å². The van der Waals surface area contributed by atoms with Gasteiger partial charge in [0.05, 0.1) is 7.11 Å². The number of halogens is 1. The molecule has 0 radical (unpaired) electrons. The molecular formula is C8H16ClNO2. The molecule has 0 saturated heterocycles. The van der Waals surface area contributed by atoms with Crippen molar-refractivity contribution in [3.8, 4) is 0 Å². The van der Waals surface area contributed by atoms with Gasteiger partial charge in [0, 0.05) is 0 Å². The van der Waals surface area contributed by atoms with Gasteiger partial charge < -0.3 is 10.5 Å². The standard InChI is InChI=1S/C8H15NO2.ClH/c1-7(2)4-8(9,5-7)6(10)11-3;/h4-5,9H2,1-3H3;1H. The number of ether oxygens (including phenoxy) is 1. The van der Waals surface area contributed by atoms with Crippen molar-refractivity contribution in [3.05, 3.63) is 0 Å². The van der Waals surface area contributed by atoms with Gasteiger partial charge in [-0.1, -0.05) is 13.8 Å². The molecule has 2 N–H and O–H groups in total. The zero-order valence-corrected chi connectivity index (χ0v) is 8.53. The molecule has 72 valence electrons. The van der Waals surface area contributed by atoms with Gasteiger partial charge in [-0.15, -0.1) is 12.4 Å². The first-order chi connectivity index (χ1) is 4.90. The number of nitrogens with two attached hydrogens (primary N) is 1. The third kappa shape index (κ3) is 1.90. The Morgan fingerprint density at radius 3 is 2.08 bits per heavy atom. The molecule has 0 amide bonds. The molecule has 0 unspecified atom stereocenters. The van der Waals surface area contributed by atoms with Gasteiger partial charge >= 0.3 is 5.97 Å². The Morgan fingerprint density at radius 2 is 1.83 bits per heavy atom. The first kappa shape index (κ1) is 11.7. The van der Waals surface area contributed by atoms with E-state index in [0.29, 0.717) is 0 Å². The summed E-state index contributed by atoms with van der Waals surface area (Å²) in [6.07, 6.45) is 1.46. The van der Waals surface area contributed by atoms with Crippen molar-refractivity contribution >= 4 is 18.4 Å². The molecule has 0 bridgehead atoms. The fraction of sp³-hybridized carbons (Fsp3) is 0.875. The molecule has 0 aliphatic heterocycles. The summed E-state index contributed by atoms with van der Waals surface area (Å²) in [6, 6.07) is 0. The highest BCUT2D eigenvalue weighted by molar-refractivity contribution is 5.85. The third-order valence-corrected chi connectivity index (χ3v) is 2.18. The van der Waals surface area contributed by atoms with Gasteiger partial charge in [0.25, 0.3) is 0 Å². The van der Waals surface area contributed by atoms with Gasteiger partial charge in [-0.05, 0) is 18.3 Å². The molecule has 4 heteroatoms. The largest absolute Gasteiger partial charge is 0.468 e. The summed E-state index contributed by atoms with van der Waals surface area (Å²) in [7, 11) is 1.38. The van der Waals surface area contributed by atoms with E-state index in [9.17, 15) is 4.79 Å². The Balaban J connectivity index is 0.00000121. The van der Waals surface area contributed by atoms with E-state index in [1.807, 2.05) is 0 Å². The number of hydrogen-bond acceptors (Lipinski definition) is 3. The number of hydrogen-bond donors (Lipinski definition) is 1. The van der Waals surface area contributed by atoms with Gasteiger partial charge in [-0.2, -0.15) is 0 Å². The van der Waals surface area contributed by atoms with Crippen molar-refractivity contribution in [1.82, 2.24) is 0 Å². The fourth-order valence-electron chi connectivity index (χ4n) is 2.00. The van der Waals surface area contributed by atoms with Crippen molar-refractivity contribution in [3.63, 3.8) is 0 Å². The summed E-state index contributed by atoms with van der Waals surface area (Å²) in [6.45, 7) is 4.20. The van der Waals surface area contributed by atoms with Crippen LogP contribution >= 0.6 is 12.4 Å². The summed E-state index contributed by atoms with van der Waals surface area (Å²) < 4.78 is 4.59. The van der Waals surface area contributed by atoms with Gasteiger partial charge in [0.1, 0.15) is 5.54 Å². The molecular weight excluding hydrogens is 178 g/mol. The first-order valence-corrected chi connectivity index (χ1v) is 3.77. The van der Waals surface area contributed by atoms with Crippen LogP contribution in [0.2, 0.25) is 0 Å². The smallest absolute Gasteiger partial charge is 0.325 e. The van der Waals surface area contributed by atoms with Crippen molar-refractivity contribution in [2.45, 2.75) is 32.2 Å². The molecule has 0 heterocycles. The van der Waals surface area contributed by atoms with Gasteiger partial charge in [0.2, 0.25) is 0 Å². The minimum Gasteiger partial charge on any atom is -0.468 e. The Kier molecular flexibility index (Phi) is 3.15. The Bertz CT molecular complexity index is 183. The minimum absolute atomic E-state index is 0. The number of methoxy groups -OCH3 is 1. The Hall–Kier alpha value is -0.280. The van der Waals surface area contributed by atoms with Crippen LogP contribution < -0.4 is 5.73 Å². The predicted octanol–water partition coefficient (Wildman–Crippen LogP) is 1.10.